The lowest BCUT2D eigenvalue weighted by molar-refractivity contribution is -0.150. The Morgan fingerprint density at radius 3 is 2.03 bits per heavy atom. The van der Waals surface area contributed by atoms with Crippen LogP contribution in [0, 0.1) is 0 Å². The minimum Gasteiger partial charge on any atom is -0.465 e. The van der Waals surface area contributed by atoms with Crippen molar-refractivity contribution in [2.75, 3.05) is 37.7 Å². The van der Waals surface area contributed by atoms with Crippen LogP contribution >= 0.6 is 0 Å². The summed E-state index contributed by atoms with van der Waals surface area (Å²) in [5.41, 5.74) is 3.67. The molecule has 1 fully saturated rings. The molecule has 0 N–H and O–H groups in total. The van der Waals surface area contributed by atoms with Crippen LogP contribution in [0.3, 0.4) is 0 Å². The smallest absolute Gasteiger partial charge is 0.350 e. The highest BCUT2D eigenvalue weighted by Crippen LogP contribution is 2.26. The lowest BCUT2D eigenvalue weighted by atomic mass is 10.0. The Kier molecular flexibility index (Phi) is 7.70. The average Bonchev–Trinajstić information content (AvgIpc) is 3.35. The number of carbonyl (C=O) groups excluding carboxylic acids is 1. The van der Waals surface area contributed by atoms with Crippen LogP contribution in [0.5, 0.6) is 0 Å². The fourth-order valence-electron chi connectivity index (χ4n) is 5.05. The van der Waals surface area contributed by atoms with E-state index in [1.165, 1.54) is 4.68 Å². The third kappa shape index (κ3) is 5.26. The minimum absolute atomic E-state index is 0.158. The third-order valence-electron chi connectivity index (χ3n) is 7.14. The lowest BCUT2D eigenvalue weighted by Crippen LogP contribution is -2.49. The number of aromatic nitrogens is 3. The number of ether oxygens (including phenoxy) is 1. The van der Waals surface area contributed by atoms with Gasteiger partial charge < -0.3 is 9.64 Å². The van der Waals surface area contributed by atoms with Crippen LogP contribution in [0.1, 0.15) is 37.1 Å². The Morgan fingerprint density at radius 2 is 1.42 bits per heavy atom. The summed E-state index contributed by atoms with van der Waals surface area (Å²) < 4.78 is 8.48. The van der Waals surface area contributed by atoms with E-state index in [-0.39, 0.29) is 17.7 Å². The van der Waals surface area contributed by atoms with Gasteiger partial charge in [0.2, 0.25) is 0 Å². The molecule has 2 heterocycles. The number of benzene rings is 3. The second-order valence-corrected chi connectivity index (χ2v) is 9.42. The maximum absolute atomic E-state index is 13.1. The molecule has 38 heavy (non-hydrogen) atoms. The van der Waals surface area contributed by atoms with Crippen LogP contribution in [-0.4, -0.2) is 58.0 Å². The number of hydrogen-bond acceptors (Lipinski definition) is 6. The molecule has 0 bridgehead atoms. The van der Waals surface area contributed by atoms with Crippen molar-refractivity contribution in [1.29, 1.82) is 0 Å². The predicted octanol–water partition coefficient (Wildman–Crippen LogP) is 4.07. The van der Waals surface area contributed by atoms with E-state index < -0.39 is 6.04 Å². The van der Waals surface area contributed by atoms with E-state index in [2.05, 4.69) is 14.9 Å². The number of rotatable bonds is 8. The van der Waals surface area contributed by atoms with Gasteiger partial charge >= 0.3 is 11.7 Å². The molecule has 5 rings (SSSR count). The van der Waals surface area contributed by atoms with Gasteiger partial charge in [-0.25, -0.2) is 18.8 Å². The summed E-state index contributed by atoms with van der Waals surface area (Å²) in [5.74, 6) is -0.205. The quantitative estimate of drug-likeness (QED) is 0.332. The van der Waals surface area contributed by atoms with Crippen molar-refractivity contribution >= 4 is 11.7 Å². The molecule has 2 atom stereocenters. The molecule has 0 saturated carbocycles. The van der Waals surface area contributed by atoms with Gasteiger partial charge in [0, 0.05) is 31.9 Å². The maximum atomic E-state index is 13.1. The second kappa shape index (κ2) is 11.5. The van der Waals surface area contributed by atoms with Gasteiger partial charge in [-0.05, 0) is 49.2 Å². The summed E-state index contributed by atoms with van der Waals surface area (Å²) in [6.07, 6.45) is 1.58. The van der Waals surface area contributed by atoms with Gasteiger partial charge in [-0.15, -0.1) is 0 Å². The molecular formula is C30H33N5O3. The van der Waals surface area contributed by atoms with Crippen LogP contribution in [0.4, 0.5) is 5.69 Å². The molecule has 1 unspecified atom stereocenters. The van der Waals surface area contributed by atoms with Gasteiger partial charge in [-0.2, -0.15) is 5.10 Å². The highest BCUT2D eigenvalue weighted by molar-refractivity contribution is 5.77. The molecule has 0 spiro atoms. The largest absolute Gasteiger partial charge is 0.465 e. The molecule has 0 radical (unpaired) electrons. The van der Waals surface area contributed by atoms with Crippen molar-refractivity contribution in [1.82, 2.24) is 19.2 Å². The molecule has 1 aliphatic heterocycles. The Balaban J connectivity index is 1.27. The molecule has 196 valence electrons. The first-order valence-corrected chi connectivity index (χ1v) is 13.1. The van der Waals surface area contributed by atoms with Crippen LogP contribution < -0.4 is 10.6 Å². The normalized spacial score (nSPS) is 15.7. The van der Waals surface area contributed by atoms with Crippen molar-refractivity contribution in [3.63, 3.8) is 0 Å². The van der Waals surface area contributed by atoms with E-state index in [1.807, 2.05) is 98.8 Å². The van der Waals surface area contributed by atoms with Crippen molar-refractivity contribution in [2.45, 2.75) is 25.9 Å². The zero-order valence-corrected chi connectivity index (χ0v) is 21.8. The predicted molar refractivity (Wildman–Crippen MR) is 148 cm³/mol. The monoisotopic (exact) mass is 511 g/mol. The van der Waals surface area contributed by atoms with E-state index in [9.17, 15) is 9.59 Å². The number of hydrogen-bond donors (Lipinski definition) is 0. The molecule has 3 aromatic carbocycles. The fraction of sp³-hybridized carbons (Fsp3) is 0.300. The molecule has 1 aromatic heterocycles. The first kappa shape index (κ1) is 25.5. The van der Waals surface area contributed by atoms with Crippen molar-refractivity contribution < 1.29 is 9.53 Å². The van der Waals surface area contributed by atoms with Crippen molar-refractivity contribution in [3.05, 3.63) is 113 Å². The lowest BCUT2D eigenvalue weighted by Gasteiger charge is -2.39. The fourth-order valence-corrected chi connectivity index (χ4v) is 5.05. The zero-order valence-electron chi connectivity index (χ0n) is 21.8. The molecule has 1 aliphatic rings. The summed E-state index contributed by atoms with van der Waals surface area (Å²) >= 11 is 0. The van der Waals surface area contributed by atoms with E-state index in [1.54, 1.807) is 10.9 Å². The molecule has 0 aliphatic carbocycles. The highest BCUT2D eigenvalue weighted by atomic mass is 16.5. The summed E-state index contributed by atoms with van der Waals surface area (Å²) in [6, 6.07) is 27.1. The van der Waals surface area contributed by atoms with Gasteiger partial charge in [0.05, 0.1) is 18.3 Å². The van der Waals surface area contributed by atoms with Crippen molar-refractivity contribution in [2.24, 2.45) is 0 Å². The number of carbonyl (C=O) groups is 1. The first-order chi connectivity index (χ1) is 18.6. The van der Waals surface area contributed by atoms with E-state index in [0.717, 1.165) is 48.7 Å². The SMILES string of the molecule is CCOC(=O)[C@@H](c1ccccc1)N1CCN(c2ccc(-n3cnn(C(C)c4ccccc4)c3=O)cc2)CC1. The summed E-state index contributed by atoms with van der Waals surface area (Å²) in [5, 5.41) is 4.37. The summed E-state index contributed by atoms with van der Waals surface area (Å²) in [4.78, 5) is 30.4. The molecule has 8 nitrogen and oxygen atoms in total. The van der Waals surface area contributed by atoms with Crippen LogP contribution in [0.2, 0.25) is 0 Å². The Labute approximate surface area is 222 Å². The average molecular weight is 512 g/mol. The van der Waals surface area contributed by atoms with Gasteiger partial charge in [0.15, 0.2) is 0 Å². The Bertz CT molecular complexity index is 1390. The first-order valence-electron chi connectivity index (χ1n) is 13.1. The summed E-state index contributed by atoms with van der Waals surface area (Å²) in [7, 11) is 0. The maximum Gasteiger partial charge on any atom is 0.350 e. The zero-order chi connectivity index (χ0) is 26.5. The topological polar surface area (TPSA) is 72.6 Å². The van der Waals surface area contributed by atoms with Gasteiger partial charge in [0.1, 0.15) is 12.4 Å². The number of piperazine rings is 1. The molecular weight excluding hydrogens is 478 g/mol. The molecule has 4 aromatic rings. The Hall–Kier alpha value is -4.17. The minimum atomic E-state index is -0.401. The van der Waals surface area contributed by atoms with Gasteiger partial charge in [-0.3, -0.25) is 4.90 Å². The standard InChI is InChI=1S/C30H33N5O3/c1-3-38-29(36)28(25-12-8-5-9-13-25)33-20-18-32(19-21-33)26-14-16-27(17-15-26)34-22-31-35(30(34)37)23(2)24-10-6-4-7-11-24/h4-17,22-23,28H,3,18-21H2,1-2H3/t23?,28-/m1/s1. The van der Waals surface area contributed by atoms with Crippen LogP contribution in [-0.2, 0) is 9.53 Å². The second-order valence-electron chi connectivity index (χ2n) is 9.42. The van der Waals surface area contributed by atoms with Crippen molar-refractivity contribution in [3.8, 4) is 5.69 Å². The summed E-state index contributed by atoms with van der Waals surface area (Å²) in [6.45, 7) is 7.23. The third-order valence-corrected chi connectivity index (χ3v) is 7.14. The van der Waals surface area contributed by atoms with Crippen LogP contribution in [0.25, 0.3) is 5.69 Å². The number of anilines is 1. The molecule has 0 amide bonds. The number of nitrogens with zero attached hydrogens (tertiary/aromatic N) is 5. The van der Waals surface area contributed by atoms with E-state index in [4.69, 9.17) is 4.74 Å². The molecule has 8 heteroatoms. The number of esters is 1. The highest BCUT2D eigenvalue weighted by Gasteiger charge is 2.31. The van der Waals surface area contributed by atoms with Gasteiger partial charge in [0.25, 0.3) is 0 Å². The van der Waals surface area contributed by atoms with Crippen LogP contribution in [0.15, 0.2) is 96.1 Å². The van der Waals surface area contributed by atoms with E-state index in [0.29, 0.717) is 6.61 Å². The molecule has 1 saturated heterocycles. The van der Waals surface area contributed by atoms with E-state index >= 15 is 0 Å². The Morgan fingerprint density at radius 1 is 0.842 bits per heavy atom. The van der Waals surface area contributed by atoms with Gasteiger partial charge in [-0.1, -0.05) is 60.7 Å².